The lowest BCUT2D eigenvalue weighted by Gasteiger charge is -2.33. The molecule has 1 saturated heterocycles. The fourth-order valence-electron chi connectivity index (χ4n) is 4.25. The van der Waals surface area contributed by atoms with Crippen molar-refractivity contribution in [2.45, 2.75) is 65.5 Å². The van der Waals surface area contributed by atoms with Gasteiger partial charge in [-0.2, -0.15) is 0 Å². The molecule has 0 aromatic heterocycles. The number of carbonyl (C=O) groups is 4. The van der Waals surface area contributed by atoms with E-state index in [9.17, 15) is 19.2 Å². The predicted molar refractivity (Wildman–Crippen MR) is 113 cm³/mol. The minimum Gasteiger partial charge on any atom is -0.353 e. The number of imide groups is 1. The molecule has 0 bridgehead atoms. The molecule has 1 N–H and O–H groups in total. The molecule has 1 aromatic rings. The maximum absolute atomic E-state index is 13.0. The van der Waals surface area contributed by atoms with Gasteiger partial charge in [-0.05, 0) is 57.7 Å². The molecule has 1 fully saturated rings. The van der Waals surface area contributed by atoms with Gasteiger partial charge in [0.2, 0.25) is 5.91 Å². The summed E-state index contributed by atoms with van der Waals surface area (Å²) in [6, 6.07) is 4.60. The van der Waals surface area contributed by atoms with Crippen molar-refractivity contribution in [2.24, 2.45) is 5.92 Å². The van der Waals surface area contributed by atoms with Crippen molar-refractivity contribution in [2.75, 3.05) is 13.1 Å². The first-order valence-corrected chi connectivity index (χ1v) is 10.9. The number of piperidine rings is 1. The molecule has 2 aliphatic heterocycles. The summed E-state index contributed by atoms with van der Waals surface area (Å²) in [5.41, 5.74) is 1.07. The van der Waals surface area contributed by atoms with Crippen LogP contribution in [0, 0.1) is 5.92 Å². The molecule has 0 radical (unpaired) electrons. The SMILES string of the molecule is CCC(CC)C(=O)NC1CCN(C(=O)c2ccc3c(c2)C(=O)N(C(C)C)C3=O)CC1. The normalized spacial score (nSPS) is 17.1. The Bertz CT molecular complexity index is 852. The van der Waals surface area contributed by atoms with Crippen molar-refractivity contribution in [3.8, 4) is 0 Å². The Kier molecular flexibility index (Phi) is 6.58. The number of hydrogen-bond acceptors (Lipinski definition) is 4. The molecule has 3 rings (SSSR count). The summed E-state index contributed by atoms with van der Waals surface area (Å²) < 4.78 is 0. The molecule has 162 valence electrons. The Morgan fingerprint density at radius 3 is 2.20 bits per heavy atom. The van der Waals surface area contributed by atoms with Crippen molar-refractivity contribution in [1.82, 2.24) is 15.1 Å². The quantitative estimate of drug-likeness (QED) is 0.727. The van der Waals surface area contributed by atoms with Gasteiger partial charge >= 0.3 is 0 Å². The maximum Gasteiger partial charge on any atom is 0.261 e. The largest absolute Gasteiger partial charge is 0.353 e. The molecule has 2 aliphatic rings. The van der Waals surface area contributed by atoms with E-state index in [1.54, 1.807) is 36.9 Å². The van der Waals surface area contributed by atoms with E-state index in [1.807, 2.05) is 13.8 Å². The monoisotopic (exact) mass is 413 g/mol. The number of rotatable bonds is 6. The minimum absolute atomic E-state index is 0.0433. The fraction of sp³-hybridized carbons (Fsp3) is 0.565. The van der Waals surface area contributed by atoms with E-state index < -0.39 is 0 Å². The number of amides is 4. The van der Waals surface area contributed by atoms with Crippen LogP contribution in [0.3, 0.4) is 0 Å². The zero-order valence-corrected chi connectivity index (χ0v) is 18.2. The molecule has 0 spiro atoms. The number of fused-ring (bicyclic) bond motifs is 1. The zero-order chi connectivity index (χ0) is 22.0. The van der Waals surface area contributed by atoms with Gasteiger partial charge in [0.05, 0.1) is 11.1 Å². The molecule has 30 heavy (non-hydrogen) atoms. The second-order valence-electron chi connectivity index (χ2n) is 8.42. The number of likely N-dealkylation sites (tertiary alicyclic amines) is 1. The van der Waals surface area contributed by atoms with Crippen molar-refractivity contribution in [3.05, 3.63) is 34.9 Å². The summed E-state index contributed by atoms with van der Waals surface area (Å²) >= 11 is 0. The molecular formula is C23H31N3O4. The van der Waals surface area contributed by atoms with Crippen molar-refractivity contribution >= 4 is 23.6 Å². The van der Waals surface area contributed by atoms with Gasteiger partial charge in [0.15, 0.2) is 0 Å². The van der Waals surface area contributed by atoms with Crippen LogP contribution in [0.5, 0.6) is 0 Å². The number of hydrogen-bond donors (Lipinski definition) is 1. The maximum atomic E-state index is 13.0. The van der Waals surface area contributed by atoms with Gasteiger partial charge in [-0.15, -0.1) is 0 Å². The fourth-order valence-corrected chi connectivity index (χ4v) is 4.25. The minimum atomic E-state index is -0.345. The van der Waals surface area contributed by atoms with E-state index in [2.05, 4.69) is 5.32 Å². The summed E-state index contributed by atoms with van der Waals surface area (Å²) in [4.78, 5) is 53.3. The third-order valence-corrected chi connectivity index (χ3v) is 6.17. The van der Waals surface area contributed by atoms with Gasteiger partial charge in [-0.1, -0.05) is 13.8 Å². The average Bonchev–Trinajstić information content (AvgIpc) is 2.98. The Morgan fingerprint density at radius 1 is 1.03 bits per heavy atom. The number of benzene rings is 1. The van der Waals surface area contributed by atoms with Crippen LogP contribution in [0.4, 0.5) is 0 Å². The lowest BCUT2D eigenvalue weighted by molar-refractivity contribution is -0.126. The standard InChI is InChI=1S/C23H31N3O4/c1-5-15(6-2)20(27)24-17-9-11-25(12-10-17)21(28)16-7-8-18-19(13-16)23(30)26(14(3)4)22(18)29/h7-8,13-15,17H,5-6,9-12H2,1-4H3,(H,24,27). The number of nitrogens with one attached hydrogen (secondary N) is 1. The summed E-state index contributed by atoms with van der Waals surface area (Å²) in [6.07, 6.45) is 3.07. The number of nitrogens with zero attached hydrogens (tertiary/aromatic N) is 2. The summed E-state index contributed by atoms with van der Waals surface area (Å²) in [5, 5.41) is 3.12. The Morgan fingerprint density at radius 2 is 1.63 bits per heavy atom. The highest BCUT2D eigenvalue weighted by atomic mass is 16.2. The molecule has 0 saturated carbocycles. The van der Waals surface area contributed by atoms with Crippen molar-refractivity contribution in [3.63, 3.8) is 0 Å². The van der Waals surface area contributed by atoms with Crippen molar-refractivity contribution < 1.29 is 19.2 Å². The molecule has 2 heterocycles. The lowest BCUT2D eigenvalue weighted by Crippen LogP contribution is -2.47. The third kappa shape index (κ3) is 4.11. The van der Waals surface area contributed by atoms with Gasteiger partial charge in [0.25, 0.3) is 17.7 Å². The smallest absolute Gasteiger partial charge is 0.261 e. The van der Waals surface area contributed by atoms with Gasteiger partial charge < -0.3 is 10.2 Å². The molecule has 4 amide bonds. The zero-order valence-electron chi connectivity index (χ0n) is 18.2. The van der Waals surface area contributed by atoms with Crippen LogP contribution in [0.1, 0.15) is 84.5 Å². The van der Waals surface area contributed by atoms with E-state index in [0.717, 1.165) is 12.8 Å². The Balaban J connectivity index is 1.64. The van der Waals surface area contributed by atoms with Crippen LogP contribution >= 0.6 is 0 Å². The molecule has 0 aliphatic carbocycles. The first-order valence-electron chi connectivity index (χ1n) is 10.9. The molecule has 0 atom stereocenters. The predicted octanol–water partition coefficient (Wildman–Crippen LogP) is 2.85. The van der Waals surface area contributed by atoms with Crippen LogP contribution < -0.4 is 5.32 Å². The topological polar surface area (TPSA) is 86.8 Å². The van der Waals surface area contributed by atoms with Crippen LogP contribution in [-0.2, 0) is 4.79 Å². The van der Waals surface area contributed by atoms with Gasteiger partial charge in [-0.3, -0.25) is 24.1 Å². The highest BCUT2D eigenvalue weighted by Gasteiger charge is 2.38. The van der Waals surface area contributed by atoms with Crippen LogP contribution in [0.15, 0.2) is 18.2 Å². The van der Waals surface area contributed by atoms with Crippen LogP contribution in [0.25, 0.3) is 0 Å². The van der Waals surface area contributed by atoms with E-state index in [1.165, 1.54) is 4.90 Å². The third-order valence-electron chi connectivity index (χ3n) is 6.17. The van der Waals surface area contributed by atoms with Gasteiger partial charge in [-0.25, -0.2) is 0 Å². The van der Waals surface area contributed by atoms with Crippen molar-refractivity contribution in [1.29, 1.82) is 0 Å². The van der Waals surface area contributed by atoms with E-state index in [4.69, 9.17) is 0 Å². The number of carbonyl (C=O) groups excluding carboxylic acids is 4. The van der Waals surface area contributed by atoms with E-state index in [-0.39, 0.29) is 41.6 Å². The molecule has 1 aromatic carbocycles. The highest BCUT2D eigenvalue weighted by molar-refractivity contribution is 6.22. The van der Waals surface area contributed by atoms with Crippen LogP contribution in [-0.4, -0.2) is 58.6 Å². The summed E-state index contributed by atoms with van der Waals surface area (Å²) in [5.74, 6) is -0.658. The van der Waals surface area contributed by atoms with E-state index in [0.29, 0.717) is 42.6 Å². The van der Waals surface area contributed by atoms with Crippen LogP contribution in [0.2, 0.25) is 0 Å². The second kappa shape index (κ2) is 8.98. The molecule has 7 nitrogen and oxygen atoms in total. The summed E-state index contributed by atoms with van der Waals surface area (Å²) in [6.45, 7) is 8.72. The molecule has 0 unspecified atom stereocenters. The first kappa shape index (κ1) is 22.0. The summed E-state index contributed by atoms with van der Waals surface area (Å²) in [7, 11) is 0. The Labute approximate surface area is 177 Å². The average molecular weight is 414 g/mol. The molecule has 7 heteroatoms. The molecular weight excluding hydrogens is 382 g/mol. The first-order chi connectivity index (χ1) is 14.3. The second-order valence-corrected chi connectivity index (χ2v) is 8.42. The lowest BCUT2D eigenvalue weighted by atomic mass is 9.99. The highest BCUT2D eigenvalue weighted by Crippen LogP contribution is 2.26. The van der Waals surface area contributed by atoms with Gasteiger partial charge in [0.1, 0.15) is 0 Å². The Hall–Kier alpha value is -2.70. The van der Waals surface area contributed by atoms with E-state index >= 15 is 0 Å². The van der Waals surface area contributed by atoms with Gasteiger partial charge in [0, 0.05) is 36.7 Å².